The summed E-state index contributed by atoms with van der Waals surface area (Å²) in [5.41, 5.74) is 0.0185. The van der Waals surface area contributed by atoms with E-state index < -0.39 is 23.4 Å². The zero-order valence-corrected chi connectivity index (χ0v) is 12.0. The molecule has 0 heterocycles. The Bertz CT molecular complexity index is 684. The van der Waals surface area contributed by atoms with Gasteiger partial charge in [-0.2, -0.15) is 0 Å². The Hall–Kier alpha value is -2.76. The number of benzene rings is 2. The first kappa shape index (κ1) is 17.3. The molecule has 0 aliphatic rings. The standard InChI is InChI=1S/2C8H7FO2/c1-6(10)11-8-5-3-2-4-7(8)9;1-5(10)6-3-2-4-7(9)8(6)11/h2-5H,1H3;2-4,11H,1H3. The molecule has 2 aromatic rings. The number of phenols is 1. The second-order valence-electron chi connectivity index (χ2n) is 4.22. The first-order chi connectivity index (χ1) is 10.3. The summed E-state index contributed by atoms with van der Waals surface area (Å²) in [6.45, 7) is 2.50. The van der Waals surface area contributed by atoms with Gasteiger partial charge in [-0.05, 0) is 31.2 Å². The Labute approximate surface area is 126 Å². The lowest BCUT2D eigenvalue weighted by Gasteiger charge is -2.00. The molecule has 0 unspecified atom stereocenters. The van der Waals surface area contributed by atoms with E-state index in [2.05, 4.69) is 4.74 Å². The third kappa shape index (κ3) is 4.97. The highest BCUT2D eigenvalue weighted by Crippen LogP contribution is 2.20. The molecule has 0 aromatic heterocycles. The van der Waals surface area contributed by atoms with Gasteiger partial charge in [-0.1, -0.05) is 18.2 Å². The SMILES string of the molecule is CC(=O)Oc1ccccc1F.CC(=O)c1cccc(F)c1O. The summed E-state index contributed by atoms with van der Waals surface area (Å²) in [7, 11) is 0. The summed E-state index contributed by atoms with van der Waals surface area (Å²) in [4.78, 5) is 21.1. The van der Waals surface area contributed by atoms with Gasteiger partial charge < -0.3 is 9.84 Å². The van der Waals surface area contributed by atoms with Crippen LogP contribution in [0.3, 0.4) is 0 Å². The molecule has 0 aliphatic heterocycles. The van der Waals surface area contributed by atoms with Crippen LogP contribution in [0.25, 0.3) is 0 Å². The average Bonchev–Trinajstić information content (AvgIpc) is 2.44. The molecule has 116 valence electrons. The summed E-state index contributed by atoms with van der Waals surface area (Å²) >= 11 is 0. The summed E-state index contributed by atoms with van der Waals surface area (Å²) in [6, 6.07) is 9.62. The van der Waals surface area contributed by atoms with Crippen molar-refractivity contribution in [1.82, 2.24) is 0 Å². The number of Topliss-reactive ketones (excluding diaryl/α,β-unsaturated/α-hetero) is 1. The number of carbonyl (C=O) groups is 2. The van der Waals surface area contributed by atoms with E-state index in [1.54, 1.807) is 6.07 Å². The van der Waals surface area contributed by atoms with Crippen LogP contribution in [0.4, 0.5) is 8.78 Å². The molecule has 6 heteroatoms. The van der Waals surface area contributed by atoms with Gasteiger partial charge in [-0.25, -0.2) is 8.78 Å². The normalized spacial score (nSPS) is 9.45. The van der Waals surface area contributed by atoms with Crippen molar-refractivity contribution in [2.75, 3.05) is 0 Å². The van der Waals surface area contributed by atoms with Gasteiger partial charge in [0.15, 0.2) is 28.9 Å². The molecular formula is C16H14F2O4. The van der Waals surface area contributed by atoms with Crippen LogP contribution in [-0.2, 0) is 4.79 Å². The molecule has 0 spiro atoms. The van der Waals surface area contributed by atoms with E-state index in [-0.39, 0.29) is 17.1 Å². The number of ketones is 1. The highest BCUT2D eigenvalue weighted by molar-refractivity contribution is 5.96. The van der Waals surface area contributed by atoms with Crippen LogP contribution in [0.15, 0.2) is 42.5 Å². The van der Waals surface area contributed by atoms with Crippen molar-refractivity contribution in [3.63, 3.8) is 0 Å². The smallest absolute Gasteiger partial charge is 0.308 e. The maximum absolute atomic E-state index is 12.7. The van der Waals surface area contributed by atoms with E-state index >= 15 is 0 Å². The van der Waals surface area contributed by atoms with Gasteiger partial charge in [0.1, 0.15) is 0 Å². The number of halogens is 2. The molecular weight excluding hydrogens is 294 g/mol. The van der Waals surface area contributed by atoms with Gasteiger partial charge >= 0.3 is 5.97 Å². The van der Waals surface area contributed by atoms with Gasteiger partial charge in [0.2, 0.25) is 0 Å². The molecule has 2 aromatic carbocycles. The van der Waals surface area contributed by atoms with Gasteiger partial charge in [-0.15, -0.1) is 0 Å². The zero-order chi connectivity index (χ0) is 16.7. The van der Waals surface area contributed by atoms with Crippen molar-refractivity contribution in [3.05, 3.63) is 59.7 Å². The van der Waals surface area contributed by atoms with Gasteiger partial charge in [0, 0.05) is 6.92 Å². The van der Waals surface area contributed by atoms with Crippen LogP contribution in [0.5, 0.6) is 11.5 Å². The number of hydrogen-bond acceptors (Lipinski definition) is 4. The van der Waals surface area contributed by atoms with E-state index in [0.29, 0.717) is 0 Å². The number of hydrogen-bond donors (Lipinski definition) is 1. The molecule has 0 saturated heterocycles. The average molecular weight is 308 g/mol. The van der Waals surface area contributed by atoms with Crippen LogP contribution in [-0.4, -0.2) is 16.9 Å². The fourth-order valence-corrected chi connectivity index (χ4v) is 1.48. The van der Waals surface area contributed by atoms with Crippen molar-refractivity contribution in [1.29, 1.82) is 0 Å². The third-order valence-corrected chi connectivity index (χ3v) is 2.46. The quantitative estimate of drug-likeness (QED) is 0.524. The number of carbonyl (C=O) groups excluding carboxylic acids is 2. The second-order valence-corrected chi connectivity index (χ2v) is 4.22. The van der Waals surface area contributed by atoms with Crippen LogP contribution in [0.2, 0.25) is 0 Å². The highest BCUT2D eigenvalue weighted by Gasteiger charge is 2.09. The molecule has 0 saturated carbocycles. The van der Waals surface area contributed by atoms with Crippen molar-refractivity contribution in [2.24, 2.45) is 0 Å². The summed E-state index contributed by atoms with van der Waals surface area (Å²) in [5.74, 6) is -2.75. The lowest BCUT2D eigenvalue weighted by Crippen LogP contribution is -2.02. The van der Waals surface area contributed by atoms with Crippen molar-refractivity contribution >= 4 is 11.8 Å². The Kier molecular flexibility index (Phi) is 6.19. The second kappa shape index (κ2) is 7.87. The minimum absolute atomic E-state index is 0.0185. The van der Waals surface area contributed by atoms with Crippen LogP contribution in [0, 0.1) is 11.6 Å². The summed E-state index contributed by atoms with van der Waals surface area (Å²) in [5, 5.41) is 8.97. The topological polar surface area (TPSA) is 63.6 Å². The molecule has 0 bridgehead atoms. The molecule has 4 nitrogen and oxygen atoms in total. The lowest BCUT2D eigenvalue weighted by molar-refractivity contribution is -0.132. The fourth-order valence-electron chi connectivity index (χ4n) is 1.48. The number of rotatable bonds is 2. The Balaban J connectivity index is 0.000000220. The Morgan fingerprint density at radius 2 is 1.55 bits per heavy atom. The number of phenolic OH excluding ortho intramolecular Hbond substituents is 1. The number of esters is 1. The summed E-state index contributed by atoms with van der Waals surface area (Å²) in [6.07, 6.45) is 0. The monoisotopic (exact) mass is 308 g/mol. The van der Waals surface area contributed by atoms with Crippen LogP contribution in [0.1, 0.15) is 24.2 Å². The van der Waals surface area contributed by atoms with Gasteiger partial charge in [-0.3, -0.25) is 9.59 Å². The molecule has 0 fully saturated rings. The van der Waals surface area contributed by atoms with Crippen LogP contribution < -0.4 is 4.74 Å². The fraction of sp³-hybridized carbons (Fsp3) is 0.125. The number of ether oxygens (including phenoxy) is 1. The van der Waals surface area contributed by atoms with Crippen molar-refractivity contribution in [2.45, 2.75) is 13.8 Å². The maximum Gasteiger partial charge on any atom is 0.308 e. The molecule has 2 rings (SSSR count). The van der Waals surface area contributed by atoms with Gasteiger partial charge in [0.25, 0.3) is 0 Å². The number of para-hydroxylation sites is 2. The molecule has 0 aliphatic carbocycles. The van der Waals surface area contributed by atoms with E-state index in [1.165, 1.54) is 44.2 Å². The Morgan fingerprint density at radius 1 is 0.955 bits per heavy atom. The molecule has 0 atom stereocenters. The minimum atomic E-state index is -0.766. The predicted octanol–water partition coefficient (Wildman–Crippen LogP) is 3.48. The predicted molar refractivity (Wildman–Crippen MR) is 75.8 cm³/mol. The van der Waals surface area contributed by atoms with Crippen LogP contribution >= 0.6 is 0 Å². The minimum Gasteiger partial charge on any atom is -0.504 e. The molecule has 0 amide bonds. The van der Waals surface area contributed by atoms with E-state index in [9.17, 15) is 18.4 Å². The zero-order valence-electron chi connectivity index (χ0n) is 12.0. The van der Waals surface area contributed by atoms with E-state index in [4.69, 9.17) is 5.11 Å². The molecule has 0 radical (unpaired) electrons. The maximum atomic E-state index is 12.7. The highest BCUT2D eigenvalue weighted by atomic mass is 19.1. The third-order valence-electron chi connectivity index (χ3n) is 2.46. The molecule has 1 N–H and O–H groups in total. The summed E-state index contributed by atoms with van der Waals surface area (Å²) < 4.78 is 29.7. The van der Waals surface area contributed by atoms with Crippen molar-refractivity contribution < 1.29 is 28.2 Å². The molecule has 22 heavy (non-hydrogen) atoms. The number of aromatic hydroxyl groups is 1. The largest absolute Gasteiger partial charge is 0.504 e. The van der Waals surface area contributed by atoms with E-state index in [1.807, 2.05) is 0 Å². The lowest BCUT2D eigenvalue weighted by atomic mass is 10.1. The van der Waals surface area contributed by atoms with E-state index in [0.717, 1.165) is 6.07 Å². The van der Waals surface area contributed by atoms with Crippen molar-refractivity contribution in [3.8, 4) is 11.5 Å². The first-order valence-electron chi connectivity index (χ1n) is 6.24. The van der Waals surface area contributed by atoms with Gasteiger partial charge in [0.05, 0.1) is 5.56 Å². The first-order valence-corrected chi connectivity index (χ1v) is 6.24. The Morgan fingerprint density at radius 3 is 2.05 bits per heavy atom.